The van der Waals surface area contributed by atoms with Gasteiger partial charge in [-0.05, 0) is 39.3 Å². The van der Waals surface area contributed by atoms with Gasteiger partial charge in [-0.1, -0.05) is 48.4 Å². The molecule has 0 saturated carbocycles. The highest BCUT2D eigenvalue weighted by molar-refractivity contribution is 5.28. The number of hydrogen-bond donors (Lipinski definition) is 1. The van der Waals surface area contributed by atoms with Crippen LogP contribution < -0.4 is 5.32 Å². The van der Waals surface area contributed by atoms with E-state index in [4.69, 9.17) is 0 Å². The molecule has 16 heavy (non-hydrogen) atoms. The molecule has 0 aliphatic heterocycles. The Balaban J connectivity index is 2.87. The first-order valence-corrected chi connectivity index (χ1v) is 6.08. The Hall–Kier alpha value is -1.08. The molecule has 0 fully saturated rings. The highest BCUT2D eigenvalue weighted by atomic mass is 14.9. The molecule has 0 aliphatic carbocycles. The molecule has 1 N–H and O–H groups in total. The van der Waals surface area contributed by atoms with E-state index in [1.54, 1.807) is 0 Å². The van der Waals surface area contributed by atoms with E-state index in [1.165, 1.54) is 23.1 Å². The van der Waals surface area contributed by atoms with Crippen LogP contribution in [0, 0.1) is 6.92 Å². The molecule has 0 radical (unpaired) electrons. The number of hydrogen-bond acceptors (Lipinski definition) is 1. The Morgan fingerprint density at radius 3 is 2.69 bits per heavy atom. The fourth-order valence-electron chi connectivity index (χ4n) is 1.77. The fraction of sp³-hybridized carbons (Fsp3) is 0.467. The van der Waals surface area contributed by atoms with Crippen LogP contribution in [0.1, 0.15) is 44.4 Å². The monoisotopic (exact) mass is 217 g/mol. The van der Waals surface area contributed by atoms with Crippen molar-refractivity contribution >= 4 is 0 Å². The van der Waals surface area contributed by atoms with Crippen LogP contribution >= 0.6 is 0 Å². The predicted molar refractivity (Wildman–Crippen MR) is 71.6 cm³/mol. The van der Waals surface area contributed by atoms with Crippen LogP contribution in [0.3, 0.4) is 0 Å². The highest BCUT2D eigenvalue weighted by Crippen LogP contribution is 2.17. The molecular weight excluding hydrogens is 194 g/mol. The molecule has 88 valence electrons. The zero-order valence-electron chi connectivity index (χ0n) is 10.9. The first-order valence-electron chi connectivity index (χ1n) is 6.08. The minimum Gasteiger partial charge on any atom is -0.307 e. The molecule has 1 aromatic rings. The first kappa shape index (κ1) is 13.0. The van der Waals surface area contributed by atoms with E-state index in [9.17, 15) is 0 Å². The lowest BCUT2D eigenvalue weighted by Crippen LogP contribution is -2.20. The van der Waals surface area contributed by atoms with E-state index in [1.807, 2.05) is 0 Å². The highest BCUT2D eigenvalue weighted by Gasteiger charge is 2.06. The maximum absolute atomic E-state index is 3.57. The van der Waals surface area contributed by atoms with E-state index in [0.717, 1.165) is 6.54 Å². The minimum atomic E-state index is 0.352. The molecule has 0 saturated heterocycles. The third-order valence-electron chi connectivity index (χ3n) is 2.52. The van der Waals surface area contributed by atoms with Gasteiger partial charge in [0.2, 0.25) is 0 Å². The van der Waals surface area contributed by atoms with Gasteiger partial charge in [0.05, 0.1) is 6.04 Å². The summed E-state index contributed by atoms with van der Waals surface area (Å²) in [7, 11) is 0. The standard InChI is InChI=1S/C15H23N/c1-5-9-16-15(10-12(2)3)14-8-6-7-13(4)11-14/h6-8,10-11,15-16H,5,9H2,1-4H3. The minimum absolute atomic E-state index is 0.352. The average Bonchev–Trinajstić information content (AvgIpc) is 2.23. The summed E-state index contributed by atoms with van der Waals surface area (Å²) in [5.74, 6) is 0. The molecule has 1 unspecified atom stereocenters. The molecule has 0 amide bonds. The largest absolute Gasteiger partial charge is 0.307 e. The molecule has 1 heteroatoms. The van der Waals surface area contributed by atoms with Crippen LogP contribution in [0.5, 0.6) is 0 Å². The zero-order valence-corrected chi connectivity index (χ0v) is 10.9. The number of nitrogens with one attached hydrogen (secondary N) is 1. The lowest BCUT2D eigenvalue weighted by Gasteiger charge is -2.16. The number of allylic oxidation sites excluding steroid dienone is 1. The van der Waals surface area contributed by atoms with E-state index in [2.05, 4.69) is 63.4 Å². The predicted octanol–water partition coefficient (Wildman–Crippen LogP) is 4.00. The zero-order chi connectivity index (χ0) is 12.0. The summed E-state index contributed by atoms with van der Waals surface area (Å²) < 4.78 is 0. The third-order valence-corrected chi connectivity index (χ3v) is 2.52. The van der Waals surface area contributed by atoms with Crippen molar-refractivity contribution in [2.75, 3.05) is 6.54 Å². The Labute approximate surface area is 99.6 Å². The van der Waals surface area contributed by atoms with Gasteiger partial charge in [-0.3, -0.25) is 0 Å². The maximum Gasteiger partial charge on any atom is 0.0508 e. The van der Waals surface area contributed by atoms with Gasteiger partial charge in [0.25, 0.3) is 0 Å². The lowest BCUT2D eigenvalue weighted by molar-refractivity contribution is 0.610. The van der Waals surface area contributed by atoms with Crippen LogP contribution in [0.4, 0.5) is 0 Å². The van der Waals surface area contributed by atoms with Crippen LogP contribution in [0.25, 0.3) is 0 Å². The third kappa shape index (κ3) is 4.19. The molecule has 1 rings (SSSR count). The van der Waals surface area contributed by atoms with Gasteiger partial charge in [-0.15, -0.1) is 0 Å². The van der Waals surface area contributed by atoms with Crippen molar-refractivity contribution < 1.29 is 0 Å². The topological polar surface area (TPSA) is 12.0 Å². The molecule has 1 aromatic carbocycles. The van der Waals surface area contributed by atoms with Crippen molar-refractivity contribution in [3.8, 4) is 0 Å². The number of rotatable bonds is 5. The van der Waals surface area contributed by atoms with E-state index >= 15 is 0 Å². The first-order chi connectivity index (χ1) is 7.63. The SMILES string of the molecule is CCCNC(C=C(C)C)c1cccc(C)c1. The molecular formula is C15H23N. The Bertz CT molecular complexity index is 348. The summed E-state index contributed by atoms with van der Waals surface area (Å²) in [6.07, 6.45) is 3.46. The van der Waals surface area contributed by atoms with E-state index < -0.39 is 0 Å². The van der Waals surface area contributed by atoms with Crippen molar-refractivity contribution in [1.29, 1.82) is 0 Å². The van der Waals surface area contributed by atoms with Crippen molar-refractivity contribution in [2.24, 2.45) is 0 Å². The van der Waals surface area contributed by atoms with Crippen LogP contribution in [0.2, 0.25) is 0 Å². The molecule has 1 nitrogen and oxygen atoms in total. The summed E-state index contributed by atoms with van der Waals surface area (Å²) in [5.41, 5.74) is 4.03. The summed E-state index contributed by atoms with van der Waals surface area (Å²) in [5, 5.41) is 3.57. The smallest absolute Gasteiger partial charge is 0.0508 e. The second kappa shape index (κ2) is 6.49. The van der Waals surface area contributed by atoms with Gasteiger partial charge in [-0.25, -0.2) is 0 Å². The summed E-state index contributed by atoms with van der Waals surface area (Å²) in [6, 6.07) is 9.07. The lowest BCUT2D eigenvalue weighted by atomic mass is 10.0. The van der Waals surface area contributed by atoms with Crippen molar-refractivity contribution in [1.82, 2.24) is 5.32 Å². The van der Waals surface area contributed by atoms with Gasteiger partial charge < -0.3 is 5.32 Å². The second-order valence-electron chi connectivity index (χ2n) is 4.59. The average molecular weight is 217 g/mol. The van der Waals surface area contributed by atoms with Crippen LogP contribution in [-0.2, 0) is 0 Å². The number of benzene rings is 1. The van der Waals surface area contributed by atoms with Gasteiger partial charge in [0.15, 0.2) is 0 Å². The second-order valence-corrected chi connectivity index (χ2v) is 4.59. The molecule has 1 atom stereocenters. The van der Waals surface area contributed by atoms with Gasteiger partial charge in [0.1, 0.15) is 0 Å². The summed E-state index contributed by atoms with van der Waals surface area (Å²) in [6.45, 7) is 9.70. The van der Waals surface area contributed by atoms with Gasteiger partial charge in [0, 0.05) is 0 Å². The molecule has 0 aliphatic rings. The Kier molecular flexibility index (Phi) is 5.27. The number of aryl methyl sites for hydroxylation is 1. The van der Waals surface area contributed by atoms with Gasteiger partial charge in [-0.2, -0.15) is 0 Å². The normalized spacial score (nSPS) is 12.2. The Morgan fingerprint density at radius 1 is 1.38 bits per heavy atom. The van der Waals surface area contributed by atoms with Crippen molar-refractivity contribution in [2.45, 2.75) is 40.2 Å². The maximum atomic E-state index is 3.57. The summed E-state index contributed by atoms with van der Waals surface area (Å²) >= 11 is 0. The van der Waals surface area contributed by atoms with Crippen molar-refractivity contribution in [3.63, 3.8) is 0 Å². The van der Waals surface area contributed by atoms with Crippen LogP contribution in [-0.4, -0.2) is 6.54 Å². The molecule has 0 spiro atoms. The molecule has 0 heterocycles. The van der Waals surface area contributed by atoms with Crippen LogP contribution in [0.15, 0.2) is 35.9 Å². The van der Waals surface area contributed by atoms with Crippen molar-refractivity contribution in [3.05, 3.63) is 47.0 Å². The van der Waals surface area contributed by atoms with E-state index in [-0.39, 0.29) is 0 Å². The van der Waals surface area contributed by atoms with Gasteiger partial charge >= 0.3 is 0 Å². The Morgan fingerprint density at radius 2 is 2.12 bits per heavy atom. The van der Waals surface area contributed by atoms with E-state index in [0.29, 0.717) is 6.04 Å². The fourth-order valence-corrected chi connectivity index (χ4v) is 1.77. The summed E-state index contributed by atoms with van der Waals surface area (Å²) in [4.78, 5) is 0. The quantitative estimate of drug-likeness (QED) is 0.735. The molecule has 0 bridgehead atoms. The molecule has 0 aromatic heterocycles.